The van der Waals surface area contributed by atoms with Crippen molar-refractivity contribution < 1.29 is 9.47 Å². The maximum Gasteiger partial charge on any atom is 0.252 e. The Morgan fingerprint density at radius 1 is 0.263 bits per heavy atom. The van der Waals surface area contributed by atoms with E-state index in [2.05, 4.69) is 310 Å². The summed E-state index contributed by atoms with van der Waals surface area (Å²) in [6.45, 7) is 42.7. The highest BCUT2D eigenvalue weighted by atomic mass is 16.5. The van der Waals surface area contributed by atoms with E-state index in [1.54, 1.807) is 0 Å². The van der Waals surface area contributed by atoms with Gasteiger partial charge in [0.2, 0.25) is 13.4 Å². The summed E-state index contributed by atoms with van der Waals surface area (Å²) in [5, 5.41) is 0. The van der Waals surface area contributed by atoms with Gasteiger partial charge in [-0.1, -0.05) is 268 Å². The van der Waals surface area contributed by atoms with Crippen LogP contribution in [0.2, 0.25) is 0 Å². The van der Waals surface area contributed by atoms with E-state index in [1.807, 2.05) is 0 Å². The first-order valence-corrected chi connectivity index (χ1v) is 35.9. The molecular formula is C87H92B4N2O2. The average molecular weight is 1240 g/mol. The molecule has 8 heteroatoms. The predicted octanol–water partition coefficient (Wildman–Crippen LogP) is 16.0. The van der Waals surface area contributed by atoms with Crippen LogP contribution in [0, 0.1) is 0 Å². The Kier molecular flexibility index (Phi) is 15.7. The number of nitrogens with zero attached hydrogens (tertiary/aromatic N) is 2. The van der Waals surface area contributed by atoms with Crippen LogP contribution in [-0.2, 0) is 0 Å². The number of anilines is 6. The lowest BCUT2D eigenvalue weighted by atomic mass is 9.25. The zero-order valence-electron chi connectivity index (χ0n) is 59.5. The summed E-state index contributed by atoms with van der Waals surface area (Å²) >= 11 is 0. The molecule has 15 rings (SSSR count). The van der Waals surface area contributed by atoms with E-state index in [0.717, 1.165) is 28.7 Å². The molecule has 474 valence electrons. The topological polar surface area (TPSA) is 24.9 Å². The Bertz CT molecular complexity index is 4640. The van der Waals surface area contributed by atoms with Gasteiger partial charge in [-0.05, 0) is 189 Å². The zero-order valence-corrected chi connectivity index (χ0v) is 59.5. The molecule has 0 saturated heterocycles. The molecule has 10 aromatic rings. The molecule has 0 N–H and O–H groups in total. The lowest BCUT2D eigenvalue weighted by Crippen LogP contribution is -2.72. The van der Waals surface area contributed by atoms with Gasteiger partial charge in [0.1, 0.15) is 23.0 Å². The minimum absolute atomic E-state index is 0.0909. The third-order valence-corrected chi connectivity index (χ3v) is 22.1. The first-order chi connectivity index (χ1) is 45.6. The van der Waals surface area contributed by atoms with Gasteiger partial charge >= 0.3 is 0 Å². The first-order valence-electron chi connectivity index (χ1n) is 35.9. The van der Waals surface area contributed by atoms with Crippen molar-refractivity contribution in [3.63, 3.8) is 0 Å². The van der Waals surface area contributed by atoms with Crippen molar-refractivity contribution in [2.24, 2.45) is 0 Å². The number of hydrogen-bond donors (Lipinski definition) is 0. The third-order valence-electron chi connectivity index (χ3n) is 22.1. The second kappa shape index (κ2) is 23.8. The predicted molar refractivity (Wildman–Crippen MR) is 414 cm³/mol. The molecule has 0 amide bonds. The Balaban J connectivity index is 1.13. The quantitative estimate of drug-likeness (QED) is 0.101. The Morgan fingerprint density at radius 2 is 0.621 bits per heavy atom. The molecule has 0 aromatic heterocycles. The SMILES string of the molecule is CC(C)c1cc(C(C)C)c(B2c3ccccc3Oc3cc4c(cc32)B2c3ccc(Oc5ccccc5)cc3N3c5ccccc5B(c5c(C(C)C)cc(C(C)C)cc5C(C)C)c5cc6c(c2c53)N4c2ccccc2B6c2c(C(C)C)cc(C(C)C)cc2C(C)C)c(C(C)C)c1. The molecule has 0 radical (unpaired) electrons. The van der Waals surface area contributed by atoms with Crippen molar-refractivity contribution in [2.45, 2.75) is 178 Å². The number of hydrogen-bond acceptors (Lipinski definition) is 4. The summed E-state index contributed by atoms with van der Waals surface area (Å²) in [6.07, 6.45) is 0. The van der Waals surface area contributed by atoms with Crippen LogP contribution in [0.25, 0.3) is 0 Å². The molecule has 5 aliphatic rings. The normalized spacial score (nSPS) is 14.0. The Hall–Kier alpha value is -8.34. The number of benzene rings is 10. The number of fused-ring (bicyclic) bond motifs is 12. The van der Waals surface area contributed by atoms with Gasteiger partial charge in [-0.25, -0.2) is 0 Å². The minimum Gasteiger partial charge on any atom is -0.458 e. The second-order valence-electron chi connectivity index (χ2n) is 31.1. The van der Waals surface area contributed by atoms with Gasteiger partial charge in [0, 0.05) is 46.3 Å². The third kappa shape index (κ3) is 9.93. The highest BCUT2D eigenvalue weighted by molar-refractivity contribution is 7.07. The largest absolute Gasteiger partial charge is 0.458 e. The van der Waals surface area contributed by atoms with E-state index in [9.17, 15) is 0 Å². The standard InChI is InChI=1S/C87H92B4N2O2/c1-48(2)57-38-62(51(7)8)82(63(39-57)52(9)10)89-68-30-22-25-33-76(68)92-78-44-61(94-60-28-20-19-21-29-60)36-37-70(78)88-72-45-73-81(95-80-35-27-24-32-71(80)91(73)84-66(55(15)16)42-59(50(5)6)43-67(84)56(17)18)47-79(72)93-77-34-26-23-31-69(77)90(75-46-74(89)86(92)85(88)87(75)93)83-64(53(11)12)40-58(49(3)4)41-65(83)54(13)14/h19-56H,1-18H3. The molecule has 0 unspecified atom stereocenters. The molecule has 0 atom stereocenters. The Labute approximate surface area is 569 Å². The molecule has 0 saturated carbocycles. The van der Waals surface area contributed by atoms with E-state index in [1.165, 1.54) is 144 Å². The monoisotopic (exact) mass is 1240 g/mol. The molecule has 5 heterocycles. The van der Waals surface area contributed by atoms with Gasteiger partial charge in [-0.15, -0.1) is 0 Å². The van der Waals surface area contributed by atoms with Crippen LogP contribution in [0.5, 0.6) is 23.0 Å². The number of para-hydroxylation sites is 4. The zero-order chi connectivity index (χ0) is 66.5. The fraction of sp³-hybridized carbons (Fsp3) is 0.310. The molecule has 0 aliphatic carbocycles. The van der Waals surface area contributed by atoms with E-state index < -0.39 is 0 Å². The van der Waals surface area contributed by atoms with E-state index in [0.29, 0.717) is 17.8 Å². The number of ether oxygens (including phenoxy) is 2. The van der Waals surface area contributed by atoms with Crippen LogP contribution >= 0.6 is 0 Å². The number of rotatable bonds is 14. The van der Waals surface area contributed by atoms with Crippen molar-refractivity contribution in [3.8, 4) is 23.0 Å². The lowest BCUT2D eigenvalue weighted by molar-refractivity contribution is 0.483. The van der Waals surface area contributed by atoms with Crippen LogP contribution in [0.3, 0.4) is 0 Å². The van der Waals surface area contributed by atoms with Crippen LogP contribution in [0.4, 0.5) is 34.1 Å². The van der Waals surface area contributed by atoms with Crippen molar-refractivity contribution >= 4 is 127 Å². The van der Waals surface area contributed by atoms with E-state index >= 15 is 0 Å². The molecule has 5 aliphatic heterocycles. The maximum atomic E-state index is 7.53. The summed E-state index contributed by atoms with van der Waals surface area (Å²) in [4.78, 5) is 5.43. The summed E-state index contributed by atoms with van der Waals surface area (Å²) < 4.78 is 14.5. The van der Waals surface area contributed by atoms with Gasteiger partial charge in [-0.2, -0.15) is 0 Å². The van der Waals surface area contributed by atoms with Crippen LogP contribution in [-0.4, -0.2) is 26.9 Å². The molecule has 95 heavy (non-hydrogen) atoms. The summed E-state index contributed by atoms with van der Waals surface area (Å²) in [6, 6.07) is 68.7. The molecule has 0 bridgehead atoms. The highest BCUT2D eigenvalue weighted by Crippen LogP contribution is 2.48. The Morgan fingerprint density at radius 3 is 1.05 bits per heavy atom. The van der Waals surface area contributed by atoms with Gasteiger partial charge in [0.25, 0.3) is 13.4 Å². The van der Waals surface area contributed by atoms with Crippen LogP contribution in [0.1, 0.15) is 228 Å². The van der Waals surface area contributed by atoms with Gasteiger partial charge < -0.3 is 19.3 Å². The van der Waals surface area contributed by atoms with Gasteiger partial charge in [-0.3, -0.25) is 0 Å². The van der Waals surface area contributed by atoms with E-state index in [4.69, 9.17) is 9.47 Å². The second-order valence-corrected chi connectivity index (χ2v) is 31.1. The maximum absolute atomic E-state index is 7.53. The molecular weight excluding hydrogens is 1150 g/mol. The molecule has 0 fully saturated rings. The summed E-state index contributed by atoms with van der Waals surface area (Å²) in [7, 11) is 0. The van der Waals surface area contributed by atoms with Crippen molar-refractivity contribution in [1.29, 1.82) is 0 Å². The average Bonchev–Trinajstić information content (AvgIpc) is 0.668. The highest BCUT2D eigenvalue weighted by Gasteiger charge is 2.54. The first kappa shape index (κ1) is 62.8. The minimum atomic E-state index is -0.200. The van der Waals surface area contributed by atoms with Gasteiger partial charge in [0.05, 0.1) is 0 Å². The molecule has 0 spiro atoms. The smallest absolute Gasteiger partial charge is 0.252 e. The fourth-order valence-corrected chi connectivity index (χ4v) is 17.4. The molecule has 10 aromatic carbocycles. The van der Waals surface area contributed by atoms with Crippen molar-refractivity contribution in [1.82, 2.24) is 0 Å². The summed E-state index contributed by atoms with van der Waals surface area (Å²) in [5.74, 6) is 6.29. The summed E-state index contributed by atoms with van der Waals surface area (Å²) in [5.41, 5.74) is 36.3. The van der Waals surface area contributed by atoms with Crippen LogP contribution in [0.15, 0.2) is 176 Å². The van der Waals surface area contributed by atoms with Gasteiger partial charge in [0.15, 0.2) is 0 Å². The van der Waals surface area contributed by atoms with Crippen molar-refractivity contribution in [3.05, 3.63) is 226 Å². The van der Waals surface area contributed by atoms with Crippen LogP contribution < -0.4 is 84.8 Å². The van der Waals surface area contributed by atoms with Crippen molar-refractivity contribution in [2.75, 3.05) is 9.80 Å². The molecule has 4 nitrogen and oxygen atoms in total. The lowest BCUT2D eigenvalue weighted by Gasteiger charge is -2.51. The fourth-order valence-electron chi connectivity index (χ4n) is 17.4. The van der Waals surface area contributed by atoms with E-state index in [-0.39, 0.29) is 62.4 Å².